The van der Waals surface area contributed by atoms with E-state index in [4.69, 9.17) is 0 Å². The maximum atomic E-state index is 12.6. The molecule has 9 heteroatoms. The second-order valence-corrected chi connectivity index (χ2v) is 6.00. The standard InChI is InChI=1S/C19H19N5O4/c1-3-24-19(28)14-7-5-4-6-13(14)16(23-24)18(27)22-21-9-15-12(10-25)8-20-11(2)17(15)26/h4-9,25-26H,3,10H2,1-2H3,(H,22,27)/b21-9+. The molecule has 0 bridgehead atoms. The molecule has 2 heterocycles. The van der Waals surface area contributed by atoms with Crippen LogP contribution < -0.4 is 11.0 Å². The first-order valence-electron chi connectivity index (χ1n) is 8.59. The lowest BCUT2D eigenvalue weighted by Crippen LogP contribution is -2.28. The number of aryl methyl sites for hydroxylation is 2. The van der Waals surface area contributed by atoms with Gasteiger partial charge in [0.1, 0.15) is 5.75 Å². The monoisotopic (exact) mass is 381 g/mol. The van der Waals surface area contributed by atoms with Crippen LogP contribution >= 0.6 is 0 Å². The number of hydrazone groups is 1. The quantitative estimate of drug-likeness (QED) is 0.448. The number of aromatic nitrogens is 3. The molecule has 3 N–H and O–H groups in total. The average Bonchev–Trinajstić information content (AvgIpc) is 2.71. The average molecular weight is 381 g/mol. The maximum absolute atomic E-state index is 12.6. The predicted molar refractivity (Wildman–Crippen MR) is 103 cm³/mol. The van der Waals surface area contributed by atoms with Crippen molar-refractivity contribution in [1.82, 2.24) is 20.2 Å². The molecule has 28 heavy (non-hydrogen) atoms. The number of carbonyl (C=O) groups excluding carboxylic acids is 1. The number of aromatic hydroxyl groups is 1. The number of carbonyl (C=O) groups is 1. The Kier molecular flexibility index (Phi) is 5.46. The Balaban J connectivity index is 1.95. The van der Waals surface area contributed by atoms with Crippen LogP contribution in [0, 0.1) is 6.92 Å². The molecule has 0 fully saturated rings. The number of nitrogens with one attached hydrogen (secondary N) is 1. The van der Waals surface area contributed by atoms with Crippen molar-refractivity contribution < 1.29 is 15.0 Å². The number of hydrogen-bond acceptors (Lipinski definition) is 7. The van der Waals surface area contributed by atoms with Crippen LogP contribution in [0.15, 0.2) is 40.4 Å². The van der Waals surface area contributed by atoms with Gasteiger partial charge in [-0.3, -0.25) is 14.6 Å². The van der Waals surface area contributed by atoms with Crippen LogP contribution in [0.1, 0.15) is 34.2 Å². The fourth-order valence-electron chi connectivity index (χ4n) is 2.75. The molecule has 144 valence electrons. The van der Waals surface area contributed by atoms with E-state index in [2.05, 4.69) is 20.6 Å². The molecule has 0 spiro atoms. The van der Waals surface area contributed by atoms with Gasteiger partial charge in [-0.05, 0) is 19.9 Å². The van der Waals surface area contributed by atoms with E-state index in [1.807, 2.05) is 0 Å². The zero-order valence-electron chi connectivity index (χ0n) is 15.4. The van der Waals surface area contributed by atoms with Crippen molar-refractivity contribution in [3.8, 4) is 5.75 Å². The smallest absolute Gasteiger partial charge is 0.292 e. The molecule has 0 aliphatic carbocycles. The molecule has 9 nitrogen and oxygen atoms in total. The van der Waals surface area contributed by atoms with Gasteiger partial charge >= 0.3 is 0 Å². The molecule has 0 radical (unpaired) electrons. The zero-order chi connectivity index (χ0) is 20.3. The van der Waals surface area contributed by atoms with Crippen molar-refractivity contribution in [3.63, 3.8) is 0 Å². The van der Waals surface area contributed by atoms with Crippen LogP contribution in [0.5, 0.6) is 5.75 Å². The van der Waals surface area contributed by atoms with E-state index in [1.165, 1.54) is 17.1 Å². The van der Waals surface area contributed by atoms with E-state index in [0.29, 0.717) is 28.6 Å². The molecule has 0 atom stereocenters. The zero-order valence-corrected chi connectivity index (χ0v) is 15.4. The summed E-state index contributed by atoms with van der Waals surface area (Å²) in [6.45, 7) is 3.34. The molecule has 2 aromatic heterocycles. The van der Waals surface area contributed by atoms with Crippen LogP contribution in [-0.4, -0.2) is 37.1 Å². The van der Waals surface area contributed by atoms with E-state index in [1.54, 1.807) is 38.1 Å². The summed E-state index contributed by atoms with van der Waals surface area (Å²) in [6, 6.07) is 6.71. The minimum absolute atomic E-state index is 0.0618. The normalized spacial score (nSPS) is 11.2. The Labute approximate surface area is 160 Å². The number of aliphatic hydroxyl groups excluding tert-OH is 1. The highest BCUT2D eigenvalue weighted by atomic mass is 16.3. The molecule has 1 amide bonds. The Hall–Kier alpha value is -3.59. The third kappa shape index (κ3) is 3.47. The number of nitrogens with zero attached hydrogens (tertiary/aromatic N) is 4. The van der Waals surface area contributed by atoms with E-state index >= 15 is 0 Å². The minimum Gasteiger partial charge on any atom is -0.505 e. The second-order valence-electron chi connectivity index (χ2n) is 6.00. The third-order valence-corrected chi connectivity index (χ3v) is 4.27. The van der Waals surface area contributed by atoms with Gasteiger partial charge in [-0.2, -0.15) is 10.2 Å². The number of hydrogen-bond donors (Lipinski definition) is 3. The molecule has 0 unspecified atom stereocenters. The fraction of sp³-hybridized carbons (Fsp3) is 0.211. The predicted octanol–water partition coefficient (Wildman–Crippen LogP) is 1.08. The number of rotatable bonds is 5. The lowest BCUT2D eigenvalue weighted by atomic mass is 10.1. The fourth-order valence-corrected chi connectivity index (χ4v) is 2.75. The SMILES string of the molecule is CCn1nc(C(=O)N/N=C/c2c(CO)cnc(C)c2O)c2ccccc2c1=O. The van der Waals surface area contributed by atoms with E-state index in [0.717, 1.165) is 0 Å². The molecular weight excluding hydrogens is 362 g/mol. The topological polar surface area (TPSA) is 130 Å². The van der Waals surface area contributed by atoms with Crippen molar-refractivity contribution in [2.45, 2.75) is 27.0 Å². The van der Waals surface area contributed by atoms with Crippen LogP contribution in [0.2, 0.25) is 0 Å². The lowest BCUT2D eigenvalue weighted by molar-refractivity contribution is 0.0949. The maximum Gasteiger partial charge on any atom is 0.292 e. The Morgan fingerprint density at radius 3 is 2.71 bits per heavy atom. The number of fused-ring (bicyclic) bond motifs is 1. The summed E-state index contributed by atoms with van der Waals surface area (Å²) >= 11 is 0. The van der Waals surface area contributed by atoms with Crippen LogP contribution in [0.25, 0.3) is 10.8 Å². The van der Waals surface area contributed by atoms with Gasteiger partial charge in [-0.1, -0.05) is 18.2 Å². The molecule has 1 aromatic carbocycles. The first kappa shape index (κ1) is 19.2. The van der Waals surface area contributed by atoms with Crippen molar-refractivity contribution in [1.29, 1.82) is 0 Å². The van der Waals surface area contributed by atoms with Crippen molar-refractivity contribution in [2.75, 3.05) is 0 Å². The number of aliphatic hydroxyl groups is 1. The van der Waals surface area contributed by atoms with Crippen molar-refractivity contribution in [3.05, 3.63) is 63.3 Å². The van der Waals surface area contributed by atoms with Crippen molar-refractivity contribution >= 4 is 22.9 Å². The molecule has 0 aliphatic rings. The van der Waals surface area contributed by atoms with E-state index < -0.39 is 5.91 Å². The molecule has 0 saturated heterocycles. The van der Waals surface area contributed by atoms with E-state index in [-0.39, 0.29) is 29.2 Å². The van der Waals surface area contributed by atoms with Gasteiger partial charge in [-0.15, -0.1) is 0 Å². The third-order valence-electron chi connectivity index (χ3n) is 4.27. The minimum atomic E-state index is -0.606. The summed E-state index contributed by atoms with van der Waals surface area (Å²) < 4.78 is 1.21. The molecule has 0 aliphatic heterocycles. The highest BCUT2D eigenvalue weighted by Crippen LogP contribution is 2.21. The van der Waals surface area contributed by atoms with Gasteiger partial charge in [-0.25, -0.2) is 10.1 Å². The van der Waals surface area contributed by atoms with Gasteiger partial charge in [0.15, 0.2) is 5.69 Å². The van der Waals surface area contributed by atoms with Gasteiger partial charge < -0.3 is 10.2 Å². The number of pyridine rings is 1. The highest BCUT2D eigenvalue weighted by Gasteiger charge is 2.16. The summed E-state index contributed by atoms with van der Waals surface area (Å²) in [7, 11) is 0. The van der Waals surface area contributed by atoms with Gasteiger partial charge in [0.25, 0.3) is 11.5 Å². The first-order chi connectivity index (χ1) is 13.5. The summed E-state index contributed by atoms with van der Waals surface area (Å²) in [6.07, 6.45) is 2.65. The molecule has 3 aromatic rings. The lowest BCUT2D eigenvalue weighted by Gasteiger charge is -2.09. The molecule has 0 saturated carbocycles. The highest BCUT2D eigenvalue weighted by molar-refractivity contribution is 6.05. The largest absolute Gasteiger partial charge is 0.505 e. The Morgan fingerprint density at radius 1 is 1.32 bits per heavy atom. The summed E-state index contributed by atoms with van der Waals surface area (Å²) in [5.74, 6) is -0.738. The molecular formula is C19H19N5O4. The Morgan fingerprint density at radius 2 is 2.04 bits per heavy atom. The Bertz CT molecular complexity index is 1140. The second kappa shape index (κ2) is 7.97. The molecule has 3 rings (SSSR count). The van der Waals surface area contributed by atoms with E-state index in [9.17, 15) is 19.8 Å². The van der Waals surface area contributed by atoms with Crippen LogP contribution in [0.3, 0.4) is 0 Å². The summed E-state index contributed by atoms with van der Waals surface area (Å²) in [5.41, 5.74) is 3.12. The van der Waals surface area contributed by atoms with Gasteiger partial charge in [0.2, 0.25) is 0 Å². The van der Waals surface area contributed by atoms with Gasteiger partial charge in [0, 0.05) is 29.3 Å². The number of amides is 1. The van der Waals surface area contributed by atoms with Crippen LogP contribution in [0.4, 0.5) is 0 Å². The number of benzene rings is 1. The van der Waals surface area contributed by atoms with Gasteiger partial charge in [0.05, 0.1) is 23.9 Å². The summed E-state index contributed by atoms with van der Waals surface area (Å²) in [4.78, 5) is 28.9. The summed E-state index contributed by atoms with van der Waals surface area (Å²) in [5, 5.41) is 28.3. The van der Waals surface area contributed by atoms with Crippen molar-refractivity contribution in [2.24, 2.45) is 5.10 Å². The first-order valence-corrected chi connectivity index (χ1v) is 8.59. The van der Waals surface area contributed by atoms with Crippen LogP contribution in [-0.2, 0) is 13.2 Å².